The normalized spacial score (nSPS) is 16.1. The lowest BCUT2D eigenvalue weighted by atomic mass is 9.95. The Labute approximate surface area is 162 Å². The molecule has 2 aromatic carbocycles. The van der Waals surface area contributed by atoms with Crippen LogP contribution >= 0.6 is 0 Å². The van der Waals surface area contributed by atoms with Gasteiger partial charge in [-0.25, -0.2) is 0 Å². The molecule has 1 aliphatic heterocycles. The molecule has 0 aromatic heterocycles. The van der Waals surface area contributed by atoms with Gasteiger partial charge in [-0.1, -0.05) is 38.1 Å². The van der Waals surface area contributed by atoms with E-state index in [4.69, 9.17) is 10.5 Å². The molecule has 1 heterocycles. The van der Waals surface area contributed by atoms with Crippen LogP contribution in [0.4, 0.5) is 5.69 Å². The third-order valence-corrected chi connectivity index (χ3v) is 5.21. The number of anilines is 1. The Hall–Kier alpha value is -2.53. The smallest absolute Gasteiger partial charge is 0.193 e. The first-order valence-electron chi connectivity index (χ1n) is 9.58. The molecule has 5 nitrogen and oxygen atoms in total. The van der Waals surface area contributed by atoms with Gasteiger partial charge in [0.15, 0.2) is 5.96 Å². The Morgan fingerprint density at radius 3 is 2.52 bits per heavy atom. The van der Waals surface area contributed by atoms with Gasteiger partial charge in [-0.15, -0.1) is 0 Å². The molecule has 2 aromatic rings. The van der Waals surface area contributed by atoms with Crippen LogP contribution in [0.3, 0.4) is 0 Å². The first kappa shape index (κ1) is 19.2. The van der Waals surface area contributed by atoms with Crippen LogP contribution in [0.1, 0.15) is 25.0 Å². The summed E-state index contributed by atoms with van der Waals surface area (Å²) in [4.78, 5) is 7.16. The number of methoxy groups -OCH3 is 1. The Balaban J connectivity index is 1.63. The van der Waals surface area contributed by atoms with Crippen molar-refractivity contribution in [3.8, 4) is 5.75 Å². The van der Waals surface area contributed by atoms with E-state index in [2.05, 4.69) is 53.3 Å². The van der Waals surface area contributed by atoms with Gasteiger partial charge in [-0.2, -0.15) is 0 Å². The number of aliphatic imine (C=N–C) groups is 1. The summed E-state index contributed by atoms with van der Waals surface area (Å²) >= 11 is 0. The number of nitrogens with two attached hydrogens (primary N) is 1. The molecule has 144 valence electrons. The number of hydrogen-bond donors (Lipinski definition) is 2. The van der Waals surface area contributed by atoms with Gasteiger partial charge in [-0.05, 0) is 47.7 Å². The van der Waals surface area contributed by atoms with Gasteiger partial charge in [0, 0.05) is 24.8 Å². The number of fused-ring (bicyclic) bond motifs is 1. The van der Waals surface area contributed by atoms with E-state index in [9.17, 15) is 0 Å². The molecule has 0 fully saturated rings. The van der Waals surface area contributed by atoms with Gasteiger partial charge < -0.3 is 15.8 Å². The molecule has 1 unspecified atom stereocenters. The summed E-state index contributed by atoms with van der Waals surface area (Å²) in [5.41, 5.74) is 9.93. The van der Waals surface area contributed by atoms with Crippen LogP contribution in [0.5, 0.6) is 5.75 Å². The quantitative estimate of drug-likeness (QED) is 0.607. The van der Waals surface area contributed by atoms with Crippen molar-refractivity contribution in [1.29, 1.82) is 0 Å². The lowest BCUT2D eigenvalue weighted by Crippen LogP contribution is -2.44. The van der Waals surface area contributed by atoms with Crippen molar-refractivity contribution in [2.24, 2.45) is 16.6 Å². The van der Waals surface area contributed by atoms with Crippen LogP contribution in [0.15, 0.2) is 53.5 Å². The minimum absolute atomic E-state index is 0.370. The van der Waals surface area contributed by atoms with E-state index in [0.717, 1.165) is 30.9 Å². The Morgan fingerprint density at radius 2 is 1.85 bits per heavy atom. The Kier molecular flexibility index (Phi) is 6.35. The van der Waals surface area contributed by atoms with E-state index in [1.54, 1.807) is 7.11 Å². The highest BCUT2D eigenvalue weighted by Crippen LogP contribution is 2.23. The third-order valence-electron chi connectivity index (χ3n) is 5.21. The summed E-state index contributed by atoms with van der Waals surface area (Å²) in [6.07, 6.45) is 1.10. The van der Waals surface area contributed by atoms with E-state index in [-0.39, 0.29) is 0 Å². The topological polar surface area (TPSA) is 62.9 Å². The van der Waals surface area contributed by atoms with E-state index < -0.39 is 0 Å². The monoisotopic (exact) mass is 366 g/mol. The van der Waals surface area contributed by atoms with Crippen molar-refractivity contribution in [1.82, 2.24) is 4.90 Å². The van der Waals surface area contributed by atoms with Crippen molar-refractivity contribution in [2.75, 3.05) is 25.5 Å². The number of nitrogens with one attached hydrogen (secondary N) is 1. The number of ether oxygens (including phenoxy) is 1. The SMILES string of the molecule is COc1ccc(NC(N)=NCC(C(C)C)N2CCc3ccccc3C2)cc1. The van der Waals surface area contributed by atoms with Gasteiger partial charge in [-0.3, -0.25) is 9.89 Å². The summed E-state index contributed by atoms with van der Waals surface area (Å²) in [7, 11) is 1.66. The minimum Gasteiger partial charge on any atom is -0.497 e. The zero-order chi connectivity index (χ0) is 19.2. The van der Waals surface area contributed by atoms with E-state index in [0.29, 0.717) is 24.5 Å². The highest BCUT2D eigenvalue weighted by Gasteiger charge is 2.25. The fourth-order valence-corrected chi connectivity index (χ4v) is 3.60. The van der Waals surface area contributed by atoms with Crippen molar-refractivity contribution < 1.29 is 4.74 Å². The van der Waals surface area contributed by atoms with E-state index in [1.165, 1.54) is 11.1 Å². The van der Waals surface area contributed by atoms with Crippen LogP contribution in [0.25, 0.3) is 0 Å². The zero-order valence-corrected chi connectivity index (χ0v) is 16.5. The van der Waals surface area contributed by atoms with Gasteiger partial charge in [0.05, 0.1) is 13.7 Å². The number of benzene rings is 2. The average molecular weight is 367 g/mol. The molecule has 0 saturated carbocycles. The lowest BCUT2D eigenvalue weighted by Gasteiger charge is -2.37. The molecule has 1 atom stereocenters. The molecule has 0 bridgehead atoms. The first-order valence-corrected chi connectivity index (χ1v) is 9.58. The molecular weight excluding hydrogens is 336 g/mol. The predicted molar refractivity (Wildman–Crippen MR) is 112 cm³/mol. The molecule has 3 rings (SSSR count). The second-order valence-electron chi connectivity index (χ2n) is 7.38. The summed E-state index contributed by atoms with van der Waals surface area (Å²) in [6, 6.07) is 16.8. The molecule has 0 spiro atoms. The molecule has 1 aliphatic rings. The maximum Gasteiger partial charge on any atom is 0.193 e. The van der Waals surface area contributed by atoms with E-state index >= 15 is 0 Å². The number of hydrogen-bond acceptors (Lipinski definition) is 3. The largest absolute Gasteiger partial charge is 0.497 e. The lowest BCUT2D eigenvalue weighted by molar-refractivity contribution is 0.145. The van der Waals surface area contributed by atoms with Crippen LogP contribution in [-0.2, 0) is 13.0 Å². The predicted octanol–water partition coefficient (Wildman–Crippen LogP) is 3.50. The van der Waals surface area contributed by atoms with Crippen LogP contribution in [-0.4, -0.2) is 37.1 Å². The fourth-order valence-electron chi connectivity index (χ4n) is 3.60. The fraction of sp³-hybridized carbons (Fsp3) is 0.409. The van der Waals surface area contributed by atoms with Crippen molar-refractivity contribution in [3.63, 3.8) is 0 Å². The average Bonchev–Trinajstić information content (AvgIpc) is 2.68. The molecule has 5 heteroatoms. The van der Waals surface area contributed by atoms with Crippen LogP contribution in [0.2, 0.25) is 0 Å². The highest BCUT2D eigenvalue weighted by atomic mass is 16.5. The van der Waals surface area contributed by atoms with Crippen LogP contribution in [0, 0.1) is 5.92 Å². The summed E-state index contributed by atoms with van der Waals surface area (Å²) in [5, 5.41) is 3.16. The molecule has 27 heavy (non-hydrogen) atoms. The Morgan fingerprint density at radius 1 is 1.15 bits per heavy atom. The zero-order valence-electron chi connectivity index (χ0n) is 16.5. The molecule has 0 saturated heterocycles. The first-order chi connectivity index (χ1) is 13.1. The number of rotatable bonds is 6. The maximum atomic E-state index is 6.12. The standard InChI is InChI=1S/C22H30N4O/c1-16(2)21(26-13-12-17-6-4-5-7-18(17)15-26)14-24-22(23)25-19-8-10-20(27-3)11-9-19/h4-11,16,21H,12-15H2,1-3H3,(H3,23,24,25). The summed E-state index contributed by atoms with van der Waals surface area (Å²) in [6.45, 7) is 7.26. The molecular formula is C22H30N4O. The molecule has 0 radical (unpaired) electrons. The maximum absolute atomic E-state index is 6.12. The van der Waals surface area contributed by atoms with Gasteiger partial charge >= 0.3 is 0 Å². The molecule has 3 N–H and O–H groups in total. The summed E-state index contributed by atoms with van der Waals surface area (Å²) < 4.78 is 5.18. The number of nitrogens with zero attached hydrogens (tertiary/aromatic N) is 2. The summed E-state index contributed by atoms with van der Waals surface area (Å²) in [5.74, 6) is 1.78. The van der Waals surface area contributed by atoms with Crippen LogP contribution < -0.4 is 15.8 Å². The van der Waals surface area contributed by atoms with E-state index in [1.807, 2.05) is 24.3 Å². The van der Waals surface area contributed by atoms with Crippen molar-refractivity contribution in [2.45, 2.75) is 32.9 Å². The van der Waals surface area contributed by atoms with Gasteiger partial charge in [0.25, 0.3) is 0 Å². The van der Waals surface area contributed by atoms with Gasteiger partial charge in [0.1, 0.15) is 5.75 Å². The second kappa shape index (κ2) is 8.91. The highest BCUT2D eigenvalue weighted by molar-refractivity contribution is 5.92. The number of guanidine groups is 1. The second-order valence-corrected chi connectivity index (χ2v) is 7.38. The molecule has 0 amide bonds. The minimum atomic E-state index is 0.370. The van der Waals surface area contributed by atoms with Gasteiger partial charge in [0.2, 0.25) is 0 Å². The van der Waals surface area contributed by atoms with Crippen molar-refractivity contribution in [3.05, 3.63) is 59.7 Å². The molecule has 0 aliphatic carbocycles. The Bertz CT molecular complexity index is 770. The third kappa shape index (κ3) is 5.01. The van der Waals surface area contributed by atoms with Crippen molar-refractivity contribution >= 4 is 11.6 Å².